The van der Waals surface area contributed by atoms with Crippen molar-refractivity contribution in [3.05, 3.63) is 75.9 Å². The summed E-state index contributed by atoms with van der Waals surface area (Å²) in [4.78, 5) is 32.6. The molecule has 4 aromatic rings. The maximum Gasteiger partial charge on any atom is 0.270 e. The first-order valence-corrected chi connectivity index (χ1v) is 10.7. The highest BCUT2D eigenvalue weighted by Crippen LogP contribution is 2.38. The van der Waals surface area contributed by atoms with E-state index in [1.54, 1.807) is 13.2 Å². The molecule has 0 saturated carbocycles. The third kappa shape index (κ3) is 4.03. The van der Waals surface area contributed by atoms with Gasteiger partial charge in [0, 0.05) is 28.6 Å². The summed E-state index contributed by atoms with van der Waals surface area (Å²) < 4.78 is 5.22. The third-order valence-electron chi connectivity index (χ3n) is 4.46. The van der Waals surface area contributed by atoms with Gasteiger partial charge in [-0.3, -0.25) is 14.9 Å². The summed E-state index contributed by atoms with van der Waals surface area (Å²) in [6.07, 6.45) is 1.48. The summed E-state index contributed by atoms with van der Waals surface area (Å²) >= 11 is 2.81. The molecule has 0 fully saturated rings. The fraction of sp³-hybridized carbons (Fsp3) is 0.0952. The van der Waals surface area contributed by atoms with Gasteiger partial charge in [-0.05, 0) is 17.7 Å². The number of aromatic nitrogens is 2. The predicted molar refractivity (Wildman–Crippen MR) is 118 cm³/mol. The highest BCUT2D eigenvalue weighted by atomic mass is 32.2. The second kappa shape index (κ2) is 8.60. The third-order valence-corrected chi connectivity index (χ3v) is 6.33. The van der Waals surface area contributed by atoms with Crippen LogP contribution in [0.1, 0.15) is 10.4 Å². The van der Waals surface area contributed by atoms with E-state index in [1.807, 2.05) is 29.6 Å². The van der Waals surface area contributed by atoms with Crippen LogP contribution >= 0.6 is 23.1 Å². The zero-order valence-electron chi connectivity index (χ0n) is 15.8. The summed E-state index contributed by atoms with van der Waals surface area (Å²) in [5, 5.41) is 14.6. The number of ketones is 1. The Balaban J connectivity index is 1.61. The molecule has 7 nitrogen and oxygen atoms in total. The number of nitrogens with zero attached hydrogens (tertiary/aromatic N) is 3. The van der Waals surface area contributed by atoms with E-state index in [1.165, 1.54) is 47.6 Å². The Morgan fingerprint density at radius 3 is 2.73 bits per heavy atom. The molecule has 0 saturated heterocycles. The van der Waals surface area contributed by atoms with Gasteiger partial charge in [0.05, 0.1) is 23.2 Å². The summed E-state index contributed by atoms with van der Waals surface area (Å²) in [6.45, 7) is 0. The summed E-state index contributed by atoms with van der Waals surface area (Å²) in [6, 6.07) is 13.5. The molecular formula is C21H15N3O4S2. The number of nitro groups is 1. The van der Waals surface area contributed by atoms with Crippen LogP contribution < -0.4 is 4.74 Å². The topological polar surface area (TPSA) is 95.2 Å². The largest absolute Gasteiger partial charge is 0.497 e. The van der Waals surface area contributed by atoms with Crippen LogP contribution in [0.25, 0.3) is 21.3 Å². The molecule has 0 radical (unpaired) electrons. The average molecular weight is 438 g/mol. The number of carbonyl (C=O) groups excluding carboxylic acids is 1. The van der Waals surface area contributed by atoms with Crippen LogP contribution in [0, 0.1) is 10.1 Å². The standard InChI is InChI=1S/C21H15N3O4S2/c1-28-16-7-5-13(6-8-16)17-10-29-20-19(17)21(23-12-22-20)30-11-18(25)14-3-2-4-15(9-14)24(26)27/h2-10,12H,11H2,1H3. The number of ether oxygens (including phenoxy) is 1. The maximum atomic E-state index is 12.6. The molecule has 0 atom stereocenters. The molecule has 2 aromatic heterocycles. The number of methoxy groups -OCH3 is 1. The quantitative estimate of drug-likeness (QED) is 0.128. The number of hydrogen-bond donors (Lipinski definition) is 0. The zero-order valence-corrected chi connectivity index (χ0v) is 17.4. The molecule has 0 aliphatic rings. The number of thioether (sulfide) groups is 1. The first-order chi connectivity index (χ1) is 14.6. The van der Waals surface area contributed by atoms with Gasteiger partial charge in [0.1, 0.15) is 21.9 Å². The molecule has 0 aliphatic carbocycles. The highest BCUT2D eigenvalue weighted by molar-refractivity contribution is 8.00. The molecule has 9 heteroatoms. The minimum absolute atomic E-state index is 0.102. The van der Waals surface area contributed by atoms with Gasteiger partial charge in [-0.1, -0.05) is 36.0 Å². The van der Waals surface area contributed by atoms with Gasteiger partial charge in [0.2, 0.25) is 0 Å². The zero-order chi connectivity index (χ0) is 21.1. The van der Waals surface area contributed by atoms with Crippen molar-refractivity contribution < 1.29 is 14.5 Å². The lowest BCUT2D eigenvalue weighted by Crippen LogP contribution is -2.03. The van der Waals surface area contributed by atoms with Gasteiger partial charge in [-0.2, -0.15) is 0 Å². The van der Waals surface area contributed by atoms with Gasteiger partial charge in [-0.15, -0.1) is 11.3 Å². The lowest BCUT2D eigenvalue weighted by molar-refractivity contribution is -0.384. The second-order valence-electron chi connectivity index (χ2n) is 6.26. The smallest absolute Gasteiger partial charge is 0.270 e. The van der Waals surface area contributed by atoms with Crippen molar-refractivity contribution >= 4 is 44.8 Å². The van der Waals surface area contributed by atoms with E-state index in [2.05, 4.69) is 9.97 Å². The van der Waals surface area contributed by atoms with Gasteiger partial charge in [-0.25, -0.2) is 9.97 Å². The number of hydrogen-bond acceptors (Lipinski definition) is 8. The van der Waals surface area contributed by atoms with Crippen molar-refractivity contribution in [3.8, 4) is 16.9 Å². The van der Waals surface area contributed by atoms with Crippen LogP contribution in [0.15, 0.2) is 65.3 Å². The maximum absolute atomic E-state index is 12.6. The van der Waals surface area contributed by atoms with Crippen LogP contribution in [-0.4, -0.2) is 33.5 Å². The monoisotopic (exact) mass is 437 g/mol. The molecule has 0 unspecified atom stereocenters. The van der Waals surface area contributed by atoms with Gasteiger partial charge in [0.25, 0.3) is 5.69 Å². The lowest BCUT2D eigenvalue weighted by Gasteiger charge is -2.06. The van der Waals surface area contributed by atoms with E-state index in [0.717, 1.165) is 27.1 Å². The summed E-state index contributed by atoms with van der Waals surface area (Å²) in [5.74, 6) is 0.689. The number of non-ortho nitro benzene ring substituents is 1. The van der Waals surface area contributed by atoms with Crippen LogP contribution in [-0.2, 0) is 0 Å². The Kier molecular flexibility index (Phi) is 5.73. The normalized spacial score (nSPS) is 10.8. The number of nitro benzene ring substituents is 1. The molecule has 0 bridgehead atoms. The van der Waals surface area contributed by atoms with Crippen molar-refractivity contribution in [1.82, 2.24) is 9.97 Å². The summed E-state index contributed by atoms with van der Waals surface area (Å²) in [7, 11) is 1.62. The number of thiophene rings is 1. The number of benzene rings is 2. The van der Waals surface area contributed by atoms with E-state index in [9.17, 15) is 14.9 Å². The molecule has 4 rings (SSSR count). The van der Waals surface area contributed by atoms with Gasteiger partial charge >= 0.3 is 0 Å². The Hall–Kier alpha value is -3.30. The Morgan fingerprint density at radius 1 is 1.20 bits per heavy atom. The van der Waals surface area contributed by atoms with Gasteiger partial charge < -0.3 is 4.74 Å². The highest BCUT2D eigenvalue weighted by Gasteiger charge is 2.16. The SMILES string of the molecule is COc1ccc(-c2csc3ncnc(SCC(=O)c4cccc([N+](=O)[O-])c4)c23)cc1. The van der Waals surface area contributed by atoms with Crippen molar-refractivity contribution in [3.63, 3.8) is 0 Å². The molecule has 30 heavy (non-hydrogen) atoms. The lowest BCUT2D eigenvalue weighted by atomic mass is 10.1. The molecule has 0 spiro atoms. The van der Waals surface area contributed by atoms with Gasteiger partial charge in [0.15, 0.2) is 5.78 Å². The number of carbonyl (C=O) groups is 1. The molecule has 150 valence electrons. The van der Waals surface area contributed by atoms with E-state index < -0.39 is 4.92 Å². The first kappa shape index (κ1) is 20.0. The minimum Gasteiger partial charge on any atom is -0.497 e. The van der Waals surface area contributed by atoms with Crippen molar-refractivity contribution in [1.29, 1.82) is 0 Å². The fourth-order valence-electron chi connectivity index (χ4n) is 2.95. The molecule has 0 N–H and O–H groups in total. The Morgan fingerprint density at radius 2 is 2.00 bits per heavy atom. The Labute approximate surface area is 179 Å². The van der Waals surface area contributed by atoms with E-state index in [-0.39, 0.29) is 17.2 Å². The number of rotatable bonds is 7. The number of Topliss-reactive ketones (excluding diaryl/α,β-unsaturated/α-hetero) is 1. The van der Waals surface area contributed by atoms with Crippen LogP contribution in [0.2, 0.25) is 0 Å². The molecule has 2 heterocycles. The first-order valence-electron chi connectivity index (χ1n) is 8.84. The van der Waals surface area contributed by atoms with E-state index >= 15 is 0 Å². The van der Waals surface area contributed by atoms with Crippen molar-refractivity contribution in [2.75, 3.05) is 12.9 Å². The predicted octanol–water partition coefficient (Wildman–Crippen LogP) is 5.25. The van der Waals surface area contributed by atoms with Crippen LogP contribution in [0.5, 0.6) is 5.75 Å². The molecular weight excluding hydrogens is 422 g/mol. The van der Waals surface area contributed by atoms with E-state index in [0.29, 0.717) is 10.6 Å². The molecule has 2 aromatic carbocycles. The molecule has 0 aliphatic heterocycles. The fourth-order valence-corrected chi connectivity index (χ4v) is 4.84. The summed E-state index contributed by atoms with van der Waals surface area (Å²) in [5.41, 5.74) is 2.20. The van der Waals surface area contributed by atoms with Crippen molar-refractivity contribution in [2.45, 2.75) is 5.03 Å². The van der Waals surface area contributed by atoms with Crippen LogP contribution in [0.3, 0.4) is 0 Å². The van der Waals surface area contributed by atoms with Crippen molar-refractivity contribution in [2.24, 2.45) is 0 Å². The minimum atomic E-state index is -0.510. The second-order valence-corrected chi connectivity index (χ2v) is 8.08. The van der Waals surface area contributed by atoms with E-state index in [4.69, 9.17) is 4.74 Å². The number of fused-ring (bicyclic) bond motifs is 1. The average Bonchev–Trinajstić information content (AvgIpc) is 3.22. The van der Waals surface area contributed by atoms with Crippen LogP contribution in [0.4, 0.5) is 5.69 Å². The molecule has 0 amide bonds. The Bertz CT molecular complexity index is 1240.